The third kappa shape index (κ3) is 1.57. The van der Waals surface area contributed by atoms with Gasteiger partial charge in [-0.1, -0.05) is 6.07 Å². The molecule has 15 heavy (non-hydrogen) atoms. The lowest BCUT2D eigenvalue weighted by atomic mass is 10.1. The van der Waals surface area contributed by atoms with Gasteiger partial charge in [0.15, 0.2) is 0 Å². The maximum atomic E-state index is 11.8. The van der Waals surface area contributed by atoms with Crippen LogP contribution in [-0.4, -0.2) is 9.78 Å². The van der Waals surface area contributed by atoms with E-state index in [4.69, 9.17) is 5.73 Å². The standard InChI is InChI=1S/C11H15N3O/c1-3-14-11(15)9-6-8(7(2)12)4-5-10(9)13-14/h4-7,13H,3,12H2,1-2H3. The first-order valence-electron chi connectivity index (χ1n) is 5.11. The molecule has 0 saturated heterocycles. The molecule has 1 aromatic heterocycles. The molecule has 0 saturated carbocycles. The van der Waals surface area contributed by atoms with E-state index in [9.17, 15) is 4.79 Å². The number of hydrogen-bond donors (Lipinski definition) is 2. The fraction of sp³-hybridized carbons (Fsp3) is 0.364. The number of fused-ring (bicyclic) bond motifs is 1. The van der Waals surface area contributed by atoms with Crippen LogP contribution in [0.3, 0.4) is 0 Å². The van der Waals surface area contributed by atoms with Crippen molar-refractivity contribution in [2.24, 2.45) is 5.73 Å². The molecule has 0 spiro atoms. The van der Waals surface area contributed by atoms with E-state index in [1.807, 2.05) is 32.0 Å². The largest absolute Gasteiger partial charge is 0.324 e. The molecule has 2 rings (SSSR count). The average molecular weight is 205 g/mol. The van der Waals surface area contributed by atoms with Crippen LogP contribution in [0.25, 0.3) is 10.9 Å². The first-order chi connectivity index (χ1) is 7.13. The Morgan fingerprint density at radius 3 is 2.87 bits per heavy atom. The molecule has 1 aromatic carbocycles. The highest BCUT2D eigenvalue weighted by atomic mass is 16.1. The van der Waals surface area contributed by atoms with Crippen LogP contribution in [0, 0.1) is 0 Å². The second-order valence-electron chi connectivity index (χ2n) is 3.75. The summed E-state index contributed by atoms with van der Waals surface area (Å²) >= 11 is 0. The summed E-state index contributed by atoms with van der Waals surface area (Å²) < 4.78 is 1.59. The van der Waals surface area contributed by atoms with Gasteiger partial charge in [0.05, 0.1) is 10.9 Å². The number of H-pyrrole nitrogens is 1. The highest BCUT2D eigenvalue weighted by Crippen LogP contribution is 2.15. The summed E-state index contributed by atoms with van der Waals surface area (Å²) in [6.07, 6.45) is 0. The van der Waals surface area contributed by atoms with Crippen molar-refractivity contribution >= 4 is 10.9 Å². The molecule has 0 amide bonds. The molecule has 0 aliphatic carbocycles. The van der Waals surface area contributed by atoms with E-state index in [2.05, 4.69) is 5.10 Å². The molecule has 1 atom stereocenters. The summed E-state index contributed by atoms with van der Waals surface area (Å²) in [4.78, 5) is 11.8. The molecule has 1 heterocycles. The van der Waals surface area contributed by atoms with E-state index in [1.54, 1.807) is 4.68 Å². The van der Waals surface area contributed by atoms with Gasteiger partial charge < -0.3 is 5.73 Å². The fourth-order valence-corrected chi connectivity index (χ4v) is 1.68. The van der Waals surface area contributed by atoms with Crippen LogP contribution in [-0.2, 0) is 6.54 Å². The molecule has 4 heteroatoms. The van der Waals surface area contributed by atoms with Crippen molar-refractivity contribution in [1.29, 1.82) is 0 Å². The van der Waals surface area contributed by atoms with Crippen LogP contribution in [0.4, 0.5) is 0 Å². The molecule has 0 bridgehead atoms. The SMILES string of the molecule is CCn1[nH]c2ccc(C(C)N)cc2c1=O. The van der Waals surface area contributed by atoms with Crippen LogP contribution in [0.15, 0.2) is 23.0 Å². The number of nitrogens with two attached hydrogens (primary N) is 1. The summed E-state index contributed by atoms with van der Waals surface area (Å²) in [7, 11) is 0. The number of nitrogens with one attached hydrogen (secondary N) is 1. The number of aryl methyl sites for hydroxylation is 1. The Hall–Kier alpha value is -1.55. The molecule has 3 N–H and O–H groups in total. The Bertz CT molecular complexity index is 536. The predicted octanol–water partition coefficient (Wildman–Crippen LogP) is 1.37. The maximum Gasteiger partial charge on any atom is 0.274 e. The van der Waals surface area contributed by atoms with Gasteiger partial charge in [0.25, 0.3) is 5.56 Å². The van der Waals surface area contributed by atoms with Crippen molar-refractivity contribution in [2.75, 3.05) is 0 Å². The van der Waals surface area contributed by atoms with E-state index >= 15 is 0 Å². The zero-order chi connectivity index (χ0) is 11.0. The van der Waals surface area contributed by atoms with Crippen molar-refractivity contribution < 1.29 is 0 Å². The number of nitrogens with zero attached hydrogens (tertiary/aromatic N) is 1. The van der Waals surface area contributed by atoms with Gasteiger partial charge in [-0.05, 0) is 31.5 Å². The summed E-state index contributed by atoms with van der Waals surface area (Å²) in [5.74, 6) is 0. The predicted molar refractivity (Wildman–Crippen MR) is 60.8 cm³/mol. The van der Waals surface area contributed by atoms with Gasteiger partial charge in [-0.3, -0.25) is 14.6 Å². The summed E-state index contributed by atoms with van der Waals surface area (Å²) in [5.41, 5.74) is 7.65. The topological polar surface area (TPSA) is 63.8 Å². The Kier molecular flexibility index (Phi) is 2.36. The summed E-state index contributed by atoms with van der Waals surface area (Å²) in [5, 5.41) is 3.76. The minimum absolute atomic E-state index is 0.0231. The van der Waals surface area contributed by atoms with Gasteiger partial charge in [-0.25, -0.2) is 0 Å². The molecule has 4 nitrogen and oxygen atoms in total. The first-order valence-corrected chi connectivity index (χ1v) is 5.11. The van der Waals surface area contributed by atoms with Crippen molar-refractivity contribution in [2.45, 2.75) is 26.4 Å². The van der Waals surface area contributed by atoms with E-state index in [-0.39, 0.29) is 11.6 Å². The third-order valence-electron chi connectivity index (χ3n) is 2.62. The fourth-order valence-electron chi connectivity index (χ4n) is 1.68. The van der Waals surface area contributed by atoms with Gasteiger partial charge in [0.2, 0.25) is 0 Å². The molecule has 80 valence electrons. The first kappa shape index (κ1) is 9.98. The summed E-state index contributed by atoms with van der Waals surface area (Å²) in [6.45, 7) is 4.50. The molecule has 2 aromatic rings. The smallest absolute Gasteiger partial charge is 0.274 e. The number of hydrogen-bond acceptors (Lipinski definition) is 2. The minimum atomic E-state index is -0.0428. The minimum Gasteiger partial charge on any atom is -0.324 e. The molecule has 0 aliphatic heterocycles. The van der Waals surface area contributed by atoms with Crippen LogP contribution < -0.4 is 11.3 Å². The normalized spacial score (nSPS) is 13.3. The Morgan fingerprint density at radius 2 is 2.27 bits per heavy atom. The Morgan fingerprint density at radius 1 is 1.53 bits per heavy atom. The highest BCUT2D eigenvalue weighted by Gasteiger charge is 2.07. The quantitative estimate of drug-likeness (QED) is 0.777. The zero-order valence-electron chi connectivity index (χ0n) is 8.95. The number of rotatable bonds is 2. The molecule has 0 fully saturated rings. The molecule has 1 unspecified atom stereocenters. The summed E-state index contributed by atoms with van der Waals surface area (Å²) in [6, 6.07) is 5.67. The molecule has 0 radical (unpaired) electrons. The van der Waals surface area contributed by atoms with Gasteiger partial charge in [-0.15, -0.1) is 0 Å². The highest BCUT2D eigenvalue weighted by molar-refractivity contribution is 5.78. The number of aromatic amines is 1. The van der Waals surface area contributed by atoms with Crippen LogP contribution in [0.5, 0.6) is 0 Å². The van der Waals surface area contributed by atoms with Gasteiger partial charge in [0, 0.05) is 12.6 Å². The van der Waals surface area contributed by atoms with E-state index < -0.39 is 0 Å². The zero-order valence-corrected chi connectivity index (χ0v) is 8.95. The van der Waals surface area contributed by atoms with Crippen LogP contribution in [0.2, 0.25) is 0 Å². The maximum absolute atomic E-state index is 11.8. The van der Waals surface area contributed by atoms with Gasteiger partial charge >= 0.3 is 0 Å². The number of aromatic nitrogens is 2. The number of benzene rings is 1. The lowest BCUT2D eigenvalue weighted by Gasteiger charge is -2.03. The van der Waals surface area contributed by atoms with Crippen molar-refractivity contribution in [3.63, 3.8) is 0 Å². The van der Waals surface area contributed by atoms with Crippen molar-refractivity contribution in [1.82, 2.24) is 9.78 Å². The van der Waals surface area contributed by atoms with Crippen LogP contribution in [0.1, 0.15) is 25.5 Å². The van der Waals surface area contributed by atoms with Crippen LogP contribution >= 0.6 is 0 Å². The average Bonchev–Trinajstić information content (AvgIpc) is 2.55. The Labute approximate surface area is 87.7 Å². The lowest BCUT2D eigenvalue weighted by molar-refractivity contribution is 0.646. The van der Waals surface area contributed by atoms with E-state index in [0.717, 1.165) is 11.1 Å². The van der Waals surface area contributed by atoms with Crippen molar-refractivity contribution in [3.8, 4) is 0 Å². The molecular weight excluding hydrogens is 190 g/mol. The second-order valence-corrected chi connectivity index (χ2v) is 3.75. The molecule has 0 aliphatic rings. The monoisotopic (exact) mass is 205 g/mol. The van der Waals surface area contributed by atoms with Crippen molar-refractivity contribution in [3.05, 3.63) is 34.1 Å². The second kappa shape index (κ2) is 3.55. The van der Waals surface area contributed by atoms with Gasteiger partial charge in [-0.2, -0.15) is 0 Å². The third-order valence-corrected chi connectivity index (χ3v) is 2.62. The van der Waals surface area contributed by atoms with E-state index in [0.29, 0.717) is 11.9 Å². The Balaban J connectivity index is 2.70. The molecular formula is C11H15N3O. The lowest BCUT2D eigenvalue weighted by Crippen LogP contribution is -2.15. The van der Waals surface area contributed by atoms with E-state index in [1.165, 1.54) is 0 Å². The van der Waals surface area contributed by atoms with Gasteiger partial charge in [0.1, 0.15) is 0 Å².